The molecule has 0 unspecified atom stereocenters. The van der Waals surface area contributed by atoms with Gasteiger partial charge in [0.15, 0.2) is 0 Å². The third-order valence-electron chi connectivity index (χ3n) is 2.96. The van der Waals surface area contributed by atoms with Crippen LogP contribution in [0.2, 0.25) is 0 Å². The lowest BCUT2D eigenvalue weighted by molar-refractivity contribution is 0.102. The van der Waals surface area contributed by atoms with Crippen molar-refractivity contribution in [1.82, 2.24) is 15.1 Å². The van der Waals surface area contributed by atoms with E-state index in [9.17, 15) is 4.79 Å². The van der Waals surface area contributed by atoms with Gasteiger partial charge in [-0.05, 0) is 31.6 Å². The Morgan fingerprint density at radius 3 is 2.78 bits per heavy atom. The second-order valence-corrected chi connectivity index (χ2v) is 4.18. The summed E-state index contributed by atoms with van der Waals surface area (Å²) in [6.45, 7) is 0.857. The van der Waals surface area contributed by atoms with Gasteiger partial charge < -0.3 is 5.32 Å². The number of nitrogens with one attached hydrogen (secondary N) is 1. The molecule has 2 rings (SSSR count). The quantitative estimate of drug-likeness (QED) is 0.808. The van der Waals surface area contributed by atoms with Crippen LogP contribution in [0, 0.1) is 0 Å². The van der Waals surface area contributed by atoms with Crippen LogP contribution in [0.3, 0.4) is 0 Å². The molecule has 0 bridgehead atoms. The summed E-state index contributed by atoms with van der Waals surface area (Å²) >= 11 is 0. The van der Waals surface area contributed by atoms with Gasteiger partial charge in [0.05, 0.1) is 0 Å². The molecule has 4 heteroatoms. The molecule has 0 saturated carbocycles. The summed E-state index contributed by atoms with van der Waals surface area (Å²) in [5, 5.41) is 7.14. The molecule has 0 radical (unpaired) electrons. The van der Waals surface area contributed by atoms with Gasteiger partial charge in [-0.3, -0.25) is 9.48 Å². The summed E-state index contributed by atoms with van der Waals surface area (Å²) < 4.78 is 1.61. The maximum absolute atomic E-state index is 12.4. The smallest absolute Gasteiger partial charge is 0.211 e. The minimum Gasteiger partial charge on any atom is -0.319 e. The predicted octanol–water partition coefficient (Wildman–Crippen LogP) is 1.41. The third-order valence-corrected chi connectivity index (χ3v) is 2.96. The SMILES string of the molecule is CNCCc1ccccc1C(=O)c1ccnn1C. The Hall–Kier alpha value is -1.94. The molecule has 18 heavy (non-hydrogen) atoms. The number of ketones is 1. The molecule has 1 aromatic carbocycles. The van der Waals surface area contributed by atoms with E-state index in [0.717, 1.165) is 24.1 Å². The van der Waals surface area contributed by atoms with Crippen LogP contribution in [0.25, 0.3) is 0 Å². The number of nitrogens with zero attached hydrogens (tertiary/aromatic N) is 2. The summed E-state index contributed by atoms with van der Waals surface area (Å²) in [5.74, 6) is 0.0294. The highest BCUT2D eigenvalue weighted by Crippen LogP contribution is 2.14. The molecule has 4 nitrogen and oxygen atoms in total. The second kappa shape index (κ2) is 5.60. The van der Waals surface area contributed by atoms with Crippen molar-refractivity contribution in [2.45, 2.75) is 6.42 Å². The van der Waals surface area contributed by atoms with Crippen molar-refractivity contribution in [2.24, 2.45) is 7.05 Å². The minimum atomic E-state index is 0.0294. The number of hydrogen-bond acceptors (Lipinski definition) is 3. The van der Waals surface area contributed by atoms with Gasteiger partial charge >= 0.3 is 0 Å². The molecule has 0 aliphatic rings. The van der Waals surface area contributed by atoms with E-state index in [1.54, 1.807) is 24.0 Å². The second-order valence-electron chi connectivity index (χ2n) is 4.18. The lowest BCUT2D eigenvalue weighted by Gasteiger charge is -2.08. The number of hydrogen-bond donors (Lipinski definition) is 1. The Balaban J connectivity index is 2.33. The Kier molecular flexibility index (Phi) is 3.89. The third kappa shape index (κ3) is 2.49. The first-order valence-corrected chi connectivity index (χ1v) is 5.99. The first-order valence-electron chi connectivity index (χ1n) is 5.99. The maximum Gasteiger partial charge on any atom is 0.211 e. The Morgan fingerprint density at radius 2 is 2.11 bits per heavy atom. The monoisotopic (exact) mass is 243 g/mol. The van der Waals surface area contributed by atoms with Crippen LogP contribution in [-0.4, -0.2) is 29.2 Å². The van der Waals surface area contributed by atoms with Gasteiger partial charge in [-0.25, -0.2) is 0 Å². The zero-order valence-corrected chi connectivity index (χ0v) is 10.7. The van der Waals surface area contributed by atoms with Crippen molar-refractivity contribution in [1.29, 1.82) is 0 Å². The van der Waals surface area contributed by atoms with Crippen LogP contribution in [-0.2, 0) is 13.5 Å². The van der Waals surface area contributed by atoms with Gasteiger partial charge in [0, 0.05) is 18.8 Å². The zero-order valence-electron chi connectivity index (χ0n) is 10.7. The molecule has 0 aliphatic heterocycles. The maximum atomic E-state index is 12.4. The first-order chi connectivity index (χ1) is 8.74. The summed E-state index contributed by atoms with van der Waals surface area (Å²) in [6.07, 6.45) is 2.49. The van der Waals surface area contributed by atoms with Crippen molar-refractivity contribution >= 4 is 5.78 Å². The summed E-state index contributed by atoms with van der Waals surface area (Å²) in [7, 11) is 3.69. The average molecular weight is 243 g/mol. The lowest BCUT2D eigenvalue weighted by Crippen LogP contribution is -2.15. The number of likely N-dealkylation sites (N-methyl/N-ethyl adjacent to an activating group) is 1. The van der Waals surface area contributed by atoms with Crippen molar-refractivity contribution in [3.8, 4) is 0 Å². The standard InChI is InChI=1S/C14H17N3O/c1-15-9-7-11-5-3-4-6-12(11)14(18)13-8-10-16-17(13)2/h3-6,8,10,15H,7,9H2,1-2H3. The predicted molar refractivity (Wildman–Crippen MR) is 70.7 cm³/mol. The molecule has 0 fully saturated rings. The molecule has 1 N–H and O–H groups in total. The molecule has 0 atom stereocenters. The van der Waals surface area contributed by atoms with E-state index in [0.29, 0.717) is 5.69 Å². The van der Waals surface area contributed by atoms with Crippen molar-refractivity contribution in [2.75, 3.05) is 13.6 Å². The van der Waals surface area contributed by atoms with Gasteiger partial charge in [0.25, 0.3) is 0 Å². The van der Waals surface area contributed by atoms with Crippen molar-refractivity contribution < 1.29 is 4.79 Å². The molecule has 0 amide bonds. The van der Waals surface area contributed by atoms with Gasteiger partial charge in [-0.2, -0.15) is 5.10 Å². The summed E-state index contributed by atoms with van der Waals surface area (Å²) in [5.41, 5.74) is 2.45. The van der Waals surface area contributed by atoms with E-state index in [-0.39, 0.29) is 5.78 Å². The van der Waals surface area contributed by atoms with Gasteiger partial charge in [-0.1, -0.05) is 24.3 Å². The Labute approximate surface area is 107 Å². The number of aromatic nitrogens is 2. The van der Waals surface area contributed by atoms with Gasteiger partial charge in [0.1, 0.15) is 5.69 Å². The minimum absolute atomic E-state index is 0.0294. The Morgan fingerprint density at radius 1 is 1.33 bits per heavy atom. The van der Waals surface area contributed by atoms with E-state index in [2.05, 4.69) is 10.4 Å². The number of benzene rings is 1. The van der Waals surface area contributed by atoms with Crippen molar-refractivity contribution in [3.63, 3.8) is 0 Å². The van der Waals surface area contributed by atoms with E-state index in [1.165, 1.54) is 0 Å². The van der Waals surface area contributed by atoms with Crippen LogP contribution in [0.5, 0.6) is 0 Å². The van der Waals surface area contributed by atoms with Crippen LogP contribution in [0.1, 0.15) is 21.6 Å². The zero-order chi connectivity index (χ0) is 13.0. The molecule has 1 aromatic heterocycles. The van der Waals surface area contributed by atoms with E-state index in [4.69, 9.17) is 0 Å². The molecule has 0 spiro atoms. The fourth-order valence-electron chi connectivity index (χ4n) is 1.95. The highest BCUT2D eigenvalue weighted by Gasteiger charge is 2.15. The Bertz CT molecular complexity index is 545. The van der Waals surface area contributed by atoms with Gasteiger partial charge in [0.2, 0.25) is 5.78 Å². The molecule has 0 saturated heterocycles. The molecular formula is C14H17N3O. The van der Waals surface area contributed by atoms with Crippen LogP contribution in [0.4, 0.5) is 0 Å². The van der Waals surface area contributed by atoms with Crippen molar-refractivity contribution in [3.05, 3.63) is 53.3 Å². The molecular weight excluding hydrogens is 226 g/mol. The summed E-state index contributed by atoms with van der Waals surface area (Å²) in [4.78, 5) is 12.4. The van der Waals surface area contributed by atoms with E-state index in [1.807, 2.05) is 31.3 Å². The van der Waals surface area contributed by atoms with Crippen LogP contribution in [0.15, 0.2) is 36.5 Å². The van der Waals surface area contributed by atoms with E-state index < -0.39 is 0 Å². The number of aryl methyl sites for hydroxylation is 1. The lowest BCUT2D eigenvalue weighted by atomic mass is 9.99. The normalized spacial score (nSPS) is 10.6. The molecule has 1 heterocycles. The molecule has 0 aliphatic carbocycles. The highest BCUT2D eigenvalue weighted by molar-refractivity contribution is 6.08. The highest BCUT2D eigenvalue weighted by atomic mass is 16.1. The van der Waals surface area contributed by atoms with Crippen LogP contribution >= 0.6 is 0 Å². The average Bonchev–Trinajstić information content (AvgIpc) is 2.82. The number of carbonyl (C=O) groups excluding carboxylic acids is 1. The molecule has 94 valence electrons. The summed E-state index contributed by atoms with van der Waals surface area (Å²) in [6, 6.07) is 9.48. The van der Waals surface area contributed by atoms with E-state index >= 15 is 0 Å². The fraction of sp³-hybridized carbons (Fsp3) is 0.286. The number of rotatable bonds is 5. The first kappa shape index (κ1) is 12.5. The number of carbonyl (C=O) groups is 1. The van der Waals surface area contributed by atoms with Gasteiger partial charge in [-0.15, -0.1) is 0 Å². The van der Waals surface area contributed by atoms with Crippen LogP contribution < -0.4 is 5.32 Å². The molecule has 2 aromatic rings. The topological polar surface area (TPSA) is 46.9 Å². The fourth-order valence-corrected chi connectivity index (χ4v) is 1.95. The largest absolute Gasteiger partial charge is 0.319 e.